The molecule has 0 spiro atoms. The number of aryl methyl sites for hydroxylation is 1. The summed E-state index contributed by atoms with van der Waals surface area (Å²) < 4.78 is 18.9. The first kappa shape index (κ1) is 10.1. The fourth-order valence-electron chi connectivity index (χ4n) is 1.92. The predicted octanol–water partition coefficient (Wildman–Crippen LogP) is 2.37. The van der Waals surface area contributed by atoms with E-state index in [0.29, 0.717) is 24.2 Å². The number of carbonyl (C=O) groups is 1. The van der Waals surface area contributed by atoms with E-state index in [-0.39, 0.29) is 5.82 Å². The molecule has 15 heavy (non-hydrogen) atoms. The van der Waals surface area contributed by atoms with Gasteiger partial charge in [-0.05, 0) is 37.5 Å². The zero-order valence-corrected chi connectivity index (χ0v) is 8.84. The molecule has 1 aliphatic carbocycles. The minimum Gasteiger partial charge on any atom is -0.496 e. The average Bonchev–Trinajstić information content (AvgIpc) is 2.97. The van der Waals surface area contributed by atoms with Gasteiger partial charge >= 0.3 is 0 Å². The Kier molecular flexibility index (Phi) is 2.25. The molecular formula is C12H13FO2. The van der Waals surface area contributed by atoms with Crippen molar-refractivity contribution in [2.24, 2.45) is 0 Å². The molecule has 1 aromatic carbocycles. The van der Waals surface area contributed by atoms with Gasteiger partial charge in [-0.2, -0.15) is 0 Å². The molecule has 0 radical (unpaired) electrons. The van der Waals surface area contributed by atoms with Crippen LogP contribution in [0, 0.1) is 12.7 Å². The Morgan fingerprint density at radius 2 is 2.13 bits per heavy atom. The number of benzene rings is 1. The van der Waals surface area contributed by atoms with Crippen LogP contribution in [0.5, 0.6) is 5.75 Å². The van der Waals surface area contributed by atoms with Crippen LogP contribution in [-0.2, 0) is 10.2 Å². The third-order valence-corrected chi connectivity index (χ3v) is 2.93. The van der Waals surface area contributed by atoms with Gasteiger partial charge in [0.05, 0.1) is 12.5 Å². The van der Waals surface area contributed by atoms with Crippen LogP contribution in [0.2, 0.25) is 0 Å². The summed E-state index contributed by atoms with van der Waals surface area (Å²) in [5.41, 5.74) is 0.601. The zero-order valence-electron chi connectivity index (χ0n) is 8.84. The molecule has 0 N–H and O–H groups in total. The fraction of sp³-hybridized carbons (Fsp3) is 0.417. The predicted molar refractivity (Wildman–Crippen MR) is 54.7 cm³/mol. The topological polar surface area (TPSA) is 26.3 Å². The van der Waals surface area contributed by atoms with Crippen LogP contribution in [0.4, 0.5) is 4.39 Å². The molecule has 0 aliphatic heterocycles. The van der Waals surface area contributed by atoms with Gasteiger partial charge in [-0.1, -0.05) is 0 Å². The van der Waals surface area contributed by atoms with Gasteiger partial charge in [0.2, 0.25) is 0 Å². The summed E-state index contributed by atoms with van der Waals surface area (Å²) in [7, 11) is 1.50. The minimum atomic E-state index is -0.622. The quantitative estimate of drug-likeness (QED) is 0.713. The van der Waals surface area contributed by atoms with Crippen LogP contribution in [0.3, 0.4) is 0 Å². The summed E-state index contributed by atoms with van der Waals surface area (Å²) in [5, 5.41) is 0. The summed E-state index contributed by atoms with van der Waals surface area (Å²) in [5.74, 6) is 0.147. The summed E-state index contributed by atoms with van der Waals surface area (Å²) in [4.78, 5) is 11.0. The number of halogens is 1. The lowest BCUT2D eigenvalue weighted by Crippen LogP contribution is -2.12. The van der Waals surface area contributed by atoms with E-state index >= 15 is 0 Å². The highest BCUT2D eigenvalue weighted by molar-refractivity contribution is 5.75. The number of ether oxygens (including phenoxy) is 1. The van der Waals surface area contributed by atoms with Crippen LogP contribution in [-0.4, -0.2) is 13.4 Å². The van der Waals surface area contributed by atoms with Crippen molar-refractivity contribution in [1.82, 2.24) is 0 Å². The third-order valence-electron chi connectivity index (χ3n) is 2.93. The average molecular weight is 208 g/mol. The number of hydrogen-bond donors (Lipinski definition) is 0. The number of hydrogen-bond acceptors (Lipinski definition) is 2. The second kappa shape index (κ2) is 3.33. The Labute approximate surface area is 88.1 Å². The second-order valence-electron chi connectivity index (χ2n) is 4.10. The summed E-state index contributed by atoms with van der Waals surface area (Å²) in [6.45, 7) is 1.80. The maximum atomic E-state index is 13.8. The summed E-state index contributed by atoms with van der Waals surface area (Å²) >= 11 is 0. The van der Waals surface area contributed by atoms with Crippen molar-refractivity contribution in [3.63, 3.8) is 0 Å². The molecular weight excluding hydrogens is 195 g/mol. The number of aldehydes is 1. The minimum absolute atomic E-state index is 0.337. The maximum absolute atomic E-state index is 13.8. The number of methoxy groups -OCH3 is 1. The molecule has 2 nitrogen and oxygen atoms in total. The van der Waals surface area contributed by atoms with Gasteiger partial charge < -0.3 is 9.53 Å². The SMILES string of the molecule is COc1cc(C)cc(F)c1C1(C=O)CC1. The van der Waals surface area contributed by atoms with Crippen LogP contribution in [0.25, 0.3) is 0 Å². The normalized spacial score (nSPS) is 17.3. The van der Waals surface area contributed by atoms with E-state index in [0.717, 1.165) is 11.8 Å². The largest absolute Gasteiger partial charge is 0.496 e. The zero-order chi connectivity index (χ0) is 11.1. The van der Waals surface area contributed by atoms with Gasteiger partial charge in [-0.3, -0.25) is 0 Å². The molecule has 1 saturated carbocycles. The van der Waals surface area contributed by atoms with E-state index in [9.17, 15) is 9.18 Å². The monoisotopic (exact) mass is 208 g/mol. The Morgan fingerprint density at radius 1 is 1.47 bits per heavy atom. The van der Waals surface area contributed by atoms with E-state index in [4.69, 9.17) is 4.74 Å². The molecule has 3 heteroatoms. The molecule has 1 aliphatic rings. The van der Waals surface area contributed by atoms with Crippen LogP contribution >= 0.6 is 0 Å². The first-order chi connectivity index (χ1) is 7.13. The third kappa shape index (κ3) is 1.52. The lowest BCUT2D eigenvalue weighted by Gasteiger charge is -2.14. The van der Waals surface area contributed by atoms with Crippen molar-refractivity contribution < 1.29 is 13.9 Å². The molecule has 1 fully saturated rings. The molecule has 0 saturated heterocycles. The first-order valence-corrected chi connectivity index (χ1v) is 4.94. The van der Waals surface area contributed by atoms with Gasteiger partial charge in [-0.25, -0.2) is 4.39 Å². The summed E-state index contributed by atoms with van der Waals surface area (Å²) in [6, 6.07) is 3.21. The molecule has 0 unspecified atom stereocenters. The van der Waals surface area contributed by atoms with E-state index in [1.807, 2.05) is 0 Å². The highest BCUT2D eigenvalue weighted by Gasteiger charge is 2.48. The molecule has 80 valence electrons. The lowest BCUT2D eigenvalue weighted by molar-refractivity contribution is -0.110. The van der Waals surface area contributed by atoms with Crippen LogP contribution in [0.15, 0.2) is 12.1 Å². The molecule has 0 bridgehead atoms. The molecule has 0 aromatic heterocycles. The van der Waals surface area contributed by atoms with Crippen molar-refractivity contribution in [1.29, 1.82) is 0 Å². The maximum Gasteiger partial charge on any atom is 0.131 e. The van der Waals surface area contributed by atoms with Crippen molar-refractivity contribution in [3.8, 4) is 5.75 Å². The van der Waals surface area contributed by atoms with E-state index in [2.05, 4.69) is 0 Å². The van der Waals surface area contributed by atoms with Crippen molar-refractivity contribution in [3.05, 3.63) is 29.1 Å². The van der Waals surface area contributed by atoms with Gasteiger partial charge in [0, 0.05) is 5.56 Å². The fourth-order valence-corrected chi connectivity index (χ4v) is 1.92. The lowest BCUT2D eigenvalue weighted by atomic mass is 9.95. The molecule has 2 rings (SSSR count). The van der Waals surface area contributed by atoms with Crippen LogP contribution in [0.1, 0.15) is 24.0 Å². The molecule has 0 atom stereocenters. The standard InChI is InChI=1S/C12H13FO2/c1-8-5-9(13)11(10(6-8)15-2)12(7-14)3-4-12/h5-7H,3-4H2,1-2H3. The molecule has 0 amide bonds. The van der Waals surface area contributed by atoms with E-state index in [1.165, 1.54) is 13.2 Å². The highest BCUT2D eigenvalue weighted by Crippen LogP contribution is 2.50. The van der Waals surface area contributed by atoms with Gasteiger partial charge in [0.25, 0.3) is 0 Å². The number of rotatable bonds is 3. The summed E-state index contributed by atoms with van der Waals surface area (Å²) in [6.07, 6.45) is 2.27. The Balaban J connectivity index is 2.59. The Morgan fingerprint density at radius 3 is 2.60 bits per heavy atom. The van der Waals surface area contributed by atoms with Gasteiger partial charge in [-0.15, -0.1) is 0 Å². The van der Waals surface area contributed by atoms with Crippen LogP contribution < -0.4 is 4.74 Å². The Hall–Kier alpha value is -1.38. The highest BCUT2D eigenvalue weighted by atomic mass is 19.1. The van der Waals surface area contributed by atoms with Crippen molar-refractivity contribution in [2.75, 3.05) is 7.11 Å². The first-order valence-electron chi connectivity index (χ1n) is 4.94. The van der Waals surface area contributed by atoms with Crippen molar-refractivity contribution in [2.45, 2.75) is 25.2 Å². The van der Waals surface area contributed by atoms with Crippen molar-refractivity contribution >= 4 is 6.29 Å². The number of carbonyl (C=O) groups excluding carboxylic acids is 1. The van der Waals surface area contributed by atoms with Gasteiger partial charge in [0.15, 0.2) is 0 Å². The smallest absolute Gasteiger partial charge is 0.131 e. The molecule has 0 heterocycles. The second-order valence-corrected chi connectivity index (χ2v) is 4.10. The van der Waals surface area contributed by atoms with E-state index in [1.54, 1.807) is 13.0 Å². The van der Waals surface area contributed by atoms with E-state index < -0.39 is 5.41 Å². The van der Waals surface area contributed by atoms with Gasteiger partial charge in [0.1, 0.15) is 17.9 Å². The molecule has 1 aromatic rings. The Bertz CT molecular complexity index is 408.